The van der Waals surface area contributed by atoms with E-state index in [4.69, 9.17) is 9.47 Å². The van der Waals surface area contributed by atoms with Crippen LogP contribution < -0.4 is 10.0 Å². The minimum Gasteiger partial charge on any atom is -0.443 e. The zero-order valence-electron chi connectivity index (χ0n) is 28.5. The summed E-state index contributed by atoms with van der Waals surface area (Å²) in [6.07, 6.45) is 4.45. The molecule has 0 aliphatic carbocycles. The highest BCUT2D eigenvalue weighted by Gasteiger charge is 2.31. The average molecular weight is 695 g/mol. The van der Waals surface area contributed by atoms with Gasteiger partial charge in [0.2, 0.25) is 11.9 Å². The number of benzene rings is 4. The second-order valence-electron chi connectivity index (χ2n) is 12.7. The number of ether oxygens (including phenoxy) is 2. The number of imidazole rings is 2. The Kier molecular flexibility index (Phi) is 9.25. The second kappa shape index (κ2) is 14.7. The first-order chi connectivity index (χ1) is 25.6. The summed E-state index contributed by atoms with van der Waals surface area (Å²) in [4.78, 5) is 41.7. The van der Waals surface area contributed by atoms with Gasteiger partial charge in [0.05, 0.1) is 23.8 Å². The normalized spacial score (nSPS) is 14.2. The fourth-order valence-electron chi connectivity index (χ4n) is 6.49. The van der Waals surface area contributed by atoms with E-state index in [1.807, 2.05) is 70.7 Å². The van der Waals surface area contributed by atoms with E-state index in [2.05, 4.69) is 68.5 Å². The molecule has 2 aliphatic rings. The van der Waals surface area contributed by atoms with Crippen molar-refractivity contribution < 1.29 is 19.1 Å². The number of aromatic nitrogens is 4. The number of hydrogen-bond acceptors (Lipinski definition) is 8. The first kappa shape index (κ1) is 32.6. The van der Waals surface area contributed by atoms with E-state index in [1.54, 1.807) is 22.4 Å². The van der Waals surface area contributed by atoms with E-state index < -0.39 is 12.2 Å². The number of nitrogens with zero attached hydrogens (tertiary/aromatic N) is 6. The van der Waals surface area contributed by atoms with Crippen LogP contribution in [-0.2, 0) is 22.7 Å². The molecule has 0 atom stereocenters. The molecule has 0 spiro atoms. The van der Waals surface area contributed by atoms with Crippen LogP contribution in [-0.4, -0.2) is 68.3 Å². The lowest BCUT2D eigenvalue weighted by molar-refractivity contribution is 0.0994. The maximum atomic E-state index is 12.9. The summed E-state index contributed by atoms with van der Waals surface area (Å²) in [7, 11) is 0. The predicted molar refractivity (Wildman–Crippen MR) is 198 cm³/mol. The summed E-state index contributed by atoms with van der Waals surface area (Å²) in [6, 6.07) is 35.9. The maximum absolute atomic E-state index is 12.9. The van der Waals surface area contributed by atoms with Gasteiger partial charge in [-0.15, -0.1) is 0 Å². The van der Waals surface area contributed by atoms with E-state index in [-0.39, 0.29) is 13.2 Å². The molecule has 0 bridgehead atoms. The van der Waals surface area contributed by atoms with Gasteiger partial charge < -0.3 is 19.4 Å². The Bertz CT molecular complexity index is 1960. The number of rotatable bonds is 9. The molecule has 2 aromatic heterocycles. The molecule has 262 valence electrons. The lowest BCUT2D eigenvalue weighted by Crippen LogP contribution is -2.42. The minimum atomic E-state index is -0.391. The largest absolute Gasteiger partial charge is 0.443 e. The predicted octanol–water partition coefficient (Wildman–Crippen LogP) is 7.66. The summed E-state index contributed by atoms with van der Waals surface area (Å²) in [5.41, 5.74) is 7.73. The van der Waals surface area contributed by atoms with Crippen LogP contribution in [0.3, 0.4) is 0 Å². The van der Waals surface area contributed by atoms with Gasteiger partial charge in [-0.1, -0.05) is 109 Å². The van der Waals surface area contributed by atoms with Crippen molar-refractivity contribution in [3.63, 3.8) is 0 Å². The Morgan fingerprint density at radius 2 is 0.904 bits per heavy atom. The van der Waals surface area contributed by atoms with Crippen molar-refractivity contribution in [2.45, 2.75) is 26.1 Å². The minimum absolute atomic E-state index is 0.222. The van der Waals surface area contributed by atoms with Crippen molar-refractivity contribution in [1.29, 1.82) is 0 Å². The summed E-state index contributed by atoms with van der Waals surface area (Å²) in [6.45, 7) is 2.93. The van der Waals surface area contributed by atoms with Crippen LogP contribution in [0.25, 0.3) is 33.6 Å². The monoisotopic (exact) mass is 694 g/mol. The molecular formula is C40H38N8O4. The number of amides is 2. The van der Waals surface area contributed by atoms with E-state index in [1.165, 1.54) is 0 Å². The topological polar surface area (TPSA) is 123 Å². The average Bonchev–Trinajstić information content (AvgIpc) is 4.04. The number of hydrogen-bond donors (Lipinski definition) is 2. The first-order valence-electron chi connectivity index (χ1n) is 17.4. The van der Waals surface area contributed by atoms with Crippen LogP contribution >= 0.6 is 0 Å². The number of aromatic amines is 2. The molecule has 12 nitrogen and oxygen atoms in total. The molecular weight excluding hydrogens is 656 g/mol. The van der Waals surface area contributed by atoms with Gasteiger partial charge in [0.1, 0.15) is 13.2 Å². The van der Waals surface area contributed by atoms with Gasteiger partial charge in [-0.05, 0) is 46.2 Å². The summed E-state index contributed by atoms with van der Waals surface area (Å²) >= 11 is 0. The fraction of sp³-hybridized carbons (Fsp3) is 0.200. The van der Waals surface area contributed by atoms with Gasteiger partial charge >= 0.3 is 12.2 Å². The Morgan fingerprint density at radius 3 is 1.31 bits per heavy atom. The Labute approximate surface area is 301 Å². The molecule has 12 heteroatoms. The van der Waals surface area contributed by atoms with E-state index in [0.29, 0.717) is 38.1 Å². The molecule has 2 aliphatic heterocycles. The van der Waals surface area contributed by atoms with Crippen molar-refractivity contribution in [1.82, 2.24) is 30.0 Å². The Morgan fingerprint density at radius 1 is 0.519 bits per heavy atom. The van der Waals surface area contributed by atoms with Gasteiger partial charge in [0.25, 0.3) is 0 Å². The van der Waals surface area contributed by atoms with Crippen molar-refractivity contribution in [2.75, 3.05) is 36.2 Å². The van der Waals surface area contributed by atoms with Crippen molar-refractivity contribution >= 4 is 24.1 Å². The smallest absolute Gasteiger partial charge is 0.429 e. The van der Waals surface area contributed by atoms with Crippen LogP contribution in [0.2, 0.25) is 0 Å². The molecule has 0 unspecified atom stereocenters. The third-order valence-electron chi connectivity index (χ3n) is 9.23. The first-order valence-corrected chi connectivity index (χ1v) is 17.4. The van der Waals surface area contributed by atoms with Crippen LogP contribution in [0.1, 0.15) is 24.0 Å². The summed E-state index contributed by atoms with van der Waals surface area (Å²) in [5.74, 6) is 1.21. The second-order valence-corrected chi connectivity index (χ2v) is 12.7. The zero-order valence-corrected chi connectivity index (χ0v) is 28.5. The van der Waals surface area contributed by atoms with Crippen molar-refractivity contribution in [2.24, 2.45) is 0 Å². The van der Waals surface area contributed by atoms with Crippen molar-refractivity contribution in [3.8, 4) is 33.6 Å². The van der Waals surface area contributed by atoms with Crippen LogP contribution in [0.5, 0.6) is 0 Å². The molecule has 4 aromatic carbocycles. The fourth-order valence-corrected chi connectivity index (χ4v) is 6.49. The number of hydrazine groups is 2. The number of carbonyl (C=O) groups is 2. The molecule has 0 radical (unpaired) electrons. The summed E-state index contributed by atoms with van der Waals surface area (Å²) < 4.78 is 11.2. The SMILES string of the molecule is O=C(OCc1ccccc1)N1CCCN1c1ncc(-c2ccc(-c3ccc(-c4cnc(N5CCCN5C(=O)OCc5ccccc5)[nH]4)cc3)cc2)[nH]1. The molecule has 2 saturated heterocycles. The Balaban J connectivity index is 0.884. The number of H-pyrrole nitrogens is 2. The highest BCUT2D eigenvalue weighted by molar-refractivity contribution is 5.74. The molecule has 2 fully saturated rings. The van der Waals surface area contributed by atoms with Crippen LogP contribution in [0.15, 0.2) is 122 Å². The van der Waals surface area contributed by atoms with E-state index in [9.17, 15) is 9.59 Å². The third-order valence-corrected chi connectivity index (χ3v) is 9.23. The molecule has 2 N–H and O–H groups in total. The summed E-state index contributed by atoms with van der Waals surface area (Å²) in [5, 5.41) is 6.90. The van der Waals surface area contributed by atoms with E-state index in [0.717, 1.165) is 57.6 Å². The molecule has 8 rings (SSSR count). The van der Waals surface area contributed by atoms with Gasteiger partial charge in [-0.2, -0.15) is 0 Å². The third kappa shape index (κ3) is 7.04. The van der Waals surface area contributed by atoms with Gasteiger partial charge in [0, 0.05) is 26.2 Å². The highest BCUT2D eigenvalue weighted by Crippen LogP contribution is 2.30. The molecule has 2 amide bonds. The molecule has 0 saturated carbocycles. The number of carbonyl (C=O) groups excluding carboxylic acids is 2. The lowest BCUT2D eigenvalue weighted by Gasteiger charge is -2.26. The maximum Gasteiger partial charge on any atom is 0.429 e. The molecule has 4 heterocycles. The zero-order chi connectivity index (χ0) is 35.3. The van der Waals surface area contributed by atoms with E-state index >= 15 is 0 Å². The quantitative estimate of drug-likeness (QED) is 0.158. The van der Waals surface area contributed by atoms with Gasteiger partial charge in [0.15, 0.2) is 0 Å². The lowest BCUT2D eigenvalue weighted by atomic mass is 10.0. The van der Waals surface area contributed by atoms with Gasteiger partial charge in [-0.3, -0.25) is 0 Å². The number of nitrogens with one attached hydrogen (secondary N) is 2. The molecule has 6 aromatic rings. The highest BCUT2D eigenvalue weighted by atomic mass is 16.6. The Hall–Kier alpha value is -6.56. The molecule has 52 heavy (non-hydrogen) atoms. The van der Waals surface area contributed by atoms with Crippen LogP contribution in [0.4, 0.5) is 21.5 Å². The number of anilines is 2. The standard InChI is InChI=1S/C40H38N8O4/c49-39(51-27-29-9-3-1-4-10-29)47-23-7-21-45(47)37-41-25-35(43-37)33-17-13-31(14-18-33)32-15-19-34(20-16-32)36-26-42-38(44-36)46-22-8-24-48(46)40(50)52-28-30-11-5-2-6-12-30/h1-6,9-20,25-26H,7-8,21-24,27-28H2,(H,41,43)(H,42,44). The van der Waals surface area contributed by atoms with Crippen molar-refractivity contribution in [3.05, 3.63) is 133 Å². The van der Waals surface area contributed by atoms with Gasteiger partial charge in [-0.25, -0.2) is 39.6 Å². The van der Waals surface area contributed by atoms with Crippen LogP contribution in [0, 0.1) is 0 Å².